The summed E-state index contributed by atoms with van der Waals surface area (Å²) in [4.78, 5) is 18.4. The first kappa shape index (κ1) is 14.2. The van der Waals surface area contributed by atoms with Crippen LogP contribution in [-0.2, 0) is 4.79 Å². The number of benzene rings is 1. The standard InChI is InChI=1S/C16H19N3OS/c1-13-5-4-6-14(11-13)19-10-7-17-16(19)21-12-15(20)18-8-2-3-9-18/h4-7,10-11H,2-3,8-9,12H2,1H3. The number of rotatable bonds is 4. The second kappa shape index (κ2) is 6.35. The van der Waals surface area contributed by atoms with Crippen molar-refractivity contribution in [1.82, 2.24) is 14.5 Å². The number of aromatic nitrogens is 2. The van der Waals surface area contributed by atoms with E-state index >= 15 is 0 Å². The molecule has 0 atom stereocenters. The van der Waals surface area contributed by atoms with Gasteiger partial charge in [-0.15, -0.1) is 0 Å². The van der Waals surface area contributed by atoms with Gasteiger partial charge in [0.05, 0.1) is 5.75 Å². The monoisotopic (exact) mass is 301 g/mol. The highest BCUT2D eigenvalue weighted by atomic mass is 32.2. The van der Waals surface area contributed by atoms with Crippen molar-refractivity contribution < 1.29 is 4.79 Å². The lowest BCUT2D eigenvalue weighted by Crippen LogP contribution is -2.29. The first-order valence-corrected chi connectivity index (χ1v) is 8.23. The molecule has 0 spiro atoms. The van der Waals surface area contributed by atoms with Crippen LogP contribution >= 0.6 is 11.8 Å². The number of amides is 1. The predicted octanol–water partition coefficient (Wildman–Crippen LogP) is 2.90. The van der Waals surface area contributed by atoms with Crippen LogP contribution in [0, 0.1) is 6.92 Å². The normalized spacial score (nSPS) is 14.6. The molecule has 0 radical (unpaired) electrons. The lowest BCUT2D eigenvalue weighted by Gasteiger charge is -2.15. The molecule has 1 aromatic heterocycles. The Bertz CT molecular complexity index is 632. The van der Waals surface area contributed by atoms with Gasteiger partial charge >= 0.3 is 0 Å². The van der Waals surface area contributed by atoms with Gasteiger partial charge in [0, 0.05) is 31.2 Å². The molecule has 1 fully saturated rings. The molecular formula is C16H19N3OS. The number of hydrogen-bond acceptors (Lipinski definition) is 3. The molecule has 5 heteroatoms. The van der Waals surface area contributed by atoms with Gasteiger partial charge in [-0.2, -0.15) is 0 Å². The summed E-state index contributed by atoms with van der Waals surface area (Å²) >= 11 is 1.51. The van der Waals surface area contributed by atoms with Gasteiger partial charge in [0.2, 0.25) is 5.91 Å². The molecule has 0 bridgehead atoms. The van der Waals surface area contributed by atoms with E-state index in [0.29, 0.717) is 5.75 Å². The summed E-state index contributed by atoms with van der Waals surface area (Å²) in [5.74, 6) is 0.680. The summed E-state index contributed by atoms with van der Waals surface area (Å²) in [6.45, 7) is 3.89. The third kappa shape index (κ3) is 3.29. The van der Waals surface area contributed by atoms with Crippen molar-refractivity contribution in [2.75, 3.05) is 18.8 Å². The molecule has 1 aliphatic heterocycles. The highest BCUT2D eigenvalue weighted by Crippen LogP contribution is 2.22. The van der Waals surface area contributed by atoms with Gasteiger partial charge < -0.3 is 4.90 Å². The zero-order chi connectivity index (χ0) is 14.7. The molecule has 1 aromatic carbocycles. The molecular weight excluding hydrogens is 282 g/mol. The first-order chi connectivity index (χ1) is 10.2. The Hall–Kier alpha value is -1.75. The van der Waals surface area contributed by atoms with Crippen LogP contribution in [0.15, 0.2) is 41.8 Å². The number of nitrogens with zero attached hydrogens (tertiary/aromatic N) is 3. The molecule has 110 valence electrons. The van der Waals surface area contributed by atoms with E-state index in [-0.39, 0.29) is 5.91 Å². The predicted molar refractivity (Wildman–Crippen MR) is 84.8 cm³/mol. The van der Waals surface area contributed by atoms with Crippen molar-refractivity contribution in [3.05, 3.63) is 42.2 Å². The number of imidazole rings is 1. The van der Waals surface area contributed by atoms with E-state index in [4.69, 9.17) is 0 Å². The third-order valence-electron chi connectivity index (χ3n) is 3.67. The molecule has 3 rings (SSSR count). The lowest BCUT2D eigenvalue weighted by atomic mass is 10.2. The van der Waals surface area contributed by atoms with Gasteiger partial charge in [0.25, 0.3) is 0 Å². The molecule has 0 saturated carbocycles. The molecule has 21 heavy (non-hydrogen) atoms. The lowest BCUT2D eigenvalue weighted by molar-refractivity contribution is -0.127. The minimum atomic E-state index is 0.219. The summed E-state index contributed by atoms with van der Waals surface area (Å²) in [6.07, 6.45) is 5.99. The first-order valence-electron chi connectivity index (χ1n) is 7.25. The van der Waals surface area contributed by atoms with E-state index in [1.807, 2.05) is 21.7 Å². The quantitative estimate of drug-likeness (QED) is 0.815. The van der Waals surface area contributed by atoms with Gasteiger partial charge in [-0.3, -0.25) is 9.36 Å². The van der Waals surface area contributed by atoms with Gasteiger partial charge in [-0.25, -0.2) is 4.98 Å². The van der Waals surface area contributed by atoms with Gasteiger partial charge in [0.1, 0.15) is 0 Å². The van der Waals surface area contributed by atoms with Crippen LogP contribution in [0.4, 0.5) is 0 Å². The Balaban J connectivity index is 1.69. The summed E-state index contributed by atoms with van der Waals surface area (Å²) in [5, 5.41) is 0.869. The summed E-state index contributed by atoms with van der Waals surface area (Å²) < 4.78 is 2.04. The molecule has 0 aliphatic carbocycles. The highest BCUT2D eigenvalue weighted by Gasteiger charge is 2.18. The average Bonchev–Trinajstić information content (AvgIpc) is 3.16. The van der Waals surface area contributed by atoms with Crippen molar-refractivity contribution in [3.63, 3.8) is 0 Å². The molecule has 1 aliphatic rings. The van der Waals surface area contributed by atoms with E-state index in [1.54, 1.807) is 6.20 Å². The van der Waals surface area contributed by atoms with Crippen molar-refractivity contribution in [2.24, 2.45) is 0 Å². The Morgan fingerprint density at radius 2 is 2.14 bits per heavy atom. The van der Waals surface area contributed by atoms with Crippen LogP contribution in [0.3, 0.4) is 0 Å². The van der Waals surface area contributed by atoms with E-state index < -0.39 is 0 Å². The smallest absolute Gasteiger partial charge is 0.233 e. The largest absolute Gasteiger partial charge is 0.342 e. The van der Waals surface area contributed by atoms with Gasteiger partial charge in [-0.1, -0.05) is 23.9 Å². The Morgan fingerprint density at radius 3 is 2.90 bits per heavy atom. The van der Waals surface area contributed by atoms with Crippen LogP contribution in [0.1, 0.15) is 18.4 Å². The molecule has 1 amide bonds. The fourth-order valence-electron chi connectivity index (χ4n) is 2.55. The maximum atomic E-state index is 12.1. The van der Waals surface area contributed by atoms with Crippen molar-refractivity contribution in [2.45, 2.75) is 24.9 Å². The van der Waals surface area contributed by atoms with Crippen LogP contribution in [0.5, 0.6) is 0 Å². The second-order valence-electron chi connectivity index (χ2n) is 5.30. The number of hydrogen-bond donors (Lipinski definition) is 0. The maximum absolute atomic E-state index is 12.1. The topological polar surface area (TPSA) is 38.1 Å². The van der Waals surface area contributed by atoms with Crippen LogP contribution in [0.25, 0.3) is 5.69 Å². The van der Waals surface area contributed by atoms with E-state index in [2.05, 4.69) is 30.1 Å². The van der Waals surface area contributed by atoms with Crippen LogP contribution in [-0.4, -0.2) is 39.2 Å². The Kier molecular flexibility index (Phi) is 4.29. The SMILES string of the molecule is Cc1cccc(-n2ccnc2SCC(=O)N2CCCC2)c1. The number of aryl methyl sites for hydroxylation is 1. The Morgan fingerprint density at radius 1 is 1.33 bits per heavy atom. The third-order valence-corrected chi connectivity index (χ3v) is 4.62. The molecule has 1 saturated heterocycles. The van der Waals surface area contributed by atoms with E-state index in [1.165, 1.54) is 17.3 Å². The number of likely N-dealkylation sites (tertiary alicyclic amines) is 1. The van der Waals surface area contributed by atoms with Crippen LogP contribution in [0.2, 0.25) is 0 Å². The van der Waals surface area contributed by atoms with Crippen LogP contribution < -0.4 is 0 Å². The Labute approximate surface area is 129 Å². The van der Waals surface area contributed by atoms with Crippen molar-refractivity contribution in [1.29, 1.82) is 0 Å². The molecule has 2 aromatic rings. The van der Waals surface area contributed by atoms with Crippen molar-refractivity contribution in [3.8, 4) is 5.69 Å². The van der Waals surface area contributed by atoms with E-state index in [9.17, 15) is 4.79 Å². The zero-order valence-electron chi connectivity index (χ0n) is 12.2. The number of carbonyl (C=O) groups is 1. The minimum Gasteiger partial charge on any atom is -0.342 e. The summed E-state index contributed by atoms with van der Waals surface area (Å²) in [5.41, 5.74) is 2.30. The van der Waals surface area contributed by atoms with Gasteiger partial charge in [0.15, 0.2) is 5.16 Å². The fourth-order valence-corrected chi connectivity index (χ4v) is 3.43. The maximum Gasteiger partial charge on any atom is 0.233 e. The summed E-state index contributed by atoms with van der Waals surface area (Å²) in [7, 11) is 0. The molecule has 2 heterocycles. The second-order valence-corrected chi connectivity index (χ2v) is 6.24. The summed E-state index contributed by atoms with van der Waals surface area (Å²) in [6, 6.07) is 8.29. The fraction of sp³-hybridized carbons (Fsp3) is 0.375. The average molecular weight is 301 g/mol. The minimum absolute atomic E-state index is 0.219. The molecule has 0 unspecified atom stereocenters. The molecule has 0 N–H and O–H groups in total. The number of carbonyl (C=O) groups excluding carboxylic acids is 1. The zero-order valence-corrected chi connectivity index (χ0v) is 13.0. The molecule has 4 nitrogen and oxygen atoms in total. The van der Waals surface area contributed by atoms with Crippen molar-refractivity contribution >= 4 is 17.7 Å². The van der Waals surface area contributed by atoms with Gasteiger partial charge in [-0.05, 0) is 37.5 Å². The number of thioether (sulfide) groups is 1. The van der Waals surface area contributed by atoms with E-state index in [0.717, 1.165) is 36.8 Å². The highest BCUT2D eigenvalue weighted by molar-refractivity contribution is 7.99.